The topological polar surface area (TPSA) is 59.8 Å². The van der Waals surface area contributed by atoms with E-state index in [9.17, 15) is 4.79 Å². The molecule has 0 radical (unpaired) electrons. The van der Waals surface area contributed by atoms with Gasteiger partial charge in [-0.1, -0.05) is 35.9 Å². The lowest BCUT2D eigenvalue weighted by molar-refractivity contribution is 0.0950. The molecule has 0 unspecified atom stereocenters. The van der Waals surface area contributed by atoms with Crippen LogP contribution in [0.4, 0.5) is 0 Å². The van der Waals surface area contributed by atoms with Crippen LogP contribution in [0, 0.1) is 0 Å². The van der Waals surface area contributed by atoms with E-state index in [-0.39, 0.29) is 5.91 Å². The van der Waals surface area contributed by atoms with E-state index in [0.717, 1.165) is 12.1 Å². The molecular weight excluding hydrogens is 312 g/mol. The van der Waals surface area contributed by atoms with E-state index in [1.165, 1.54) is 11.8 Å². The Kier molecular flexibility index (Phi) is 4.68. The highest BCUT2D eigenvalue weighted by Crippen LogP contribution is 2.08. The molecule has 1 aromatic carbocycles. The van der Waals surface area contributed by atoms with Crippen LogP contribution in [0.5, 0.6) is 0 Å². The van der Waals surface area contributed by atoms with Gasteiger partial charge in [0, 0.05) is 31.7 Å². The second-order valence-corrected chi connectivity index (χ2v) is 5.49. The summed E-state index contributed by atoms with van der Waals surface area (Å²) < 4.78 is 2.00. The molecule has 1 N–H and O–H groups in total. The maximum atomic E-state index is 12.0. The number of hydrogen-bond donors (Lipinski definition) is 1. The van der Waals surface area contributed by atoms with E-state index < -0.39 is 0 Å². The minimum atomic E-state index is -0.170. The SMILES string of the molecule is O=C(NCc1ccc(Cn2ccnc2)cc1)c1ccc(Cl)nc1. The number of nitrogens with one attached hydrogen (secondary N) is 1. The molecular formula is C17H15ClN4O. The zero-order chi connectivity index (χ0) is 16.1. The number of aromatic nitrogens is 3. The summed E-state index contributed by atoms with van der Waals surface area (Å²) in [6, 6.07) is 11.4. The van der Waals surface area contributed by atoms with E-state index in [1.807, 2.05) is 35.0 Å². The molecule has 0 aliphatic carbocycles. The number of halogens is 1. The average molecular weight is 327 g/mol. The summed E-state index contributed by atoms with van der Waals surface area (Å²) in [6.07, 6.45) is 6.93. The van der Waals surface area contributed by atoms with Gasteiger partial charge in [0.1, 0.15) is 5.15 Å². The Bertz CT molecular complexity index is 767. The summed E-state index contributed by atoms with van der Waals surface area (Å²) in [5.74, 6) is -0.170. The normalized spacial score (nSPS) is 10.5. The Morgan fingerprint density at radius 3 is 2.57 bits per heavy atom. The summed E-state index contributed by atoms with van der Waals surface area (Å²) in [5, 5.41) is 3.23. The van der Waals surface area contributed by atoms with Crippen molar-refractivity contribution in [1.29, 1.82) is 0 Å². The molecule has 0 aliphatic rings. The van der Waals surface area contributed by atoms with Crippen LogP contribution < -0.4 is 5.32 Å². The molecule has 0 bridgehead atoms. The fourth-order valence-electron chi connectivity index (χ4n) is 2.15. The number of imidazole rings is 1. The third kappa shape index (κ3) is 4.17. The van der Waals surface area contributed by atoms with Crippen LogP contribution in [-0.4, -0.2) is 20.4 Å². The molecule has 0 saturated heterocycles. The largest absolute Gasteiger partial charge is 0.348 e. The van der Waals surface area contributed by atoms with Gasteiger partial charge in [0.2, 0.25) is 0 Å². The first-order chi connectivity index (χ1) is 11.2. The van der Waals surface area contributed by atoms with Crippen molar-refractivity contribution in [3.63, 3.8) is 0 Å². The molecule has 0 atom stereocenters. The highest BCUT2D eigenvalue weighted by molar-refractivity contribution is 6.29. The van der Waals surface area contributed by atoms with E-state index in [2.05, 4.69) is 15.3 Å². The standard InChI is InChI=1S/C17H15ClN4O/c18-16-6-5-15(10-20-16)17(23)21-9-13-1-3-14(4-2-13)11-22-8-7-19-12-22/h1-8,10,12H,9,11H2,(H,21,23). The van der Waals surface area contributed by atoms with Crippen LogP contribution in [0.3, 0.4) is 0 Å². The molecule has 0 fully saturated rings. The summed E-state index contributed by atoms with van der Waals surface area (Å²) in [7, 11) is 0. The van der Waals surface area contributed by atoms with Gasteiger partial charge in [-0.05, 0) is 23.3 Å². The average Bonchev–Trinajstić information content (AvgIpc) is 3.07. The summed E-state index contributed by atoms with van der Waals surface area (Å²) in [6.45, 7) is 1.25. The molecule has 116 valence electrons. The monoisotopic (exact) mass is 326 g/mol. The highest BCUT2D eigenvalue weighted by Gasteiger charge is 2.05. The first-order valence-corrected chi connectivity index (χ1v) is 7.52. The Hall–Kier alpha value is -2.66. The molecule has 3 rings (SSSR count). The maximum absolute atomic E-state index is 12.0. The zero-order valence-electron chi connectivity index (χ0n) is 12.3. The third-order valence-electron chi connectivity index (χ3n) is 3.39. The van der Waals surface area contributed by atoms with E-state index in [1.54, 1.807) is 24.7 Å². The van der Waals surface area contributed by atoms with Gasteiger partial charge in [0.25, 0.3) is 5.91 Å². The van der Waals surface area contributed by atoms with Gasteiger partial charge in [-0.2, -0.15) is 0 Å². The van der Waals surface area contributed by atoms with Crippen molar-refractivity contribution in [3.05, 3.63) is 83.2 Å². The Morgan fingerprint density at radius 1 is 1.13 bits per heavy atom. The van der Waals surface area contributed by atoms with Gasteiger partial charge < -0.3 is 9.88 Å². The Labute approximate surface area is 139 Å². The number of carbonyl (C=O) groups is 1. The van der Waals surface area contributed by atoms with Crippen LogP contribution in [0.2, 0.25) is 5.15 Å². The lowest BCUT2D eigenvalue weighted by atomic mass is 10.1. The van der Waals surface area contributed by atoms with Crippen molar-refractivity contribution in [2.75, 3.05) is 0 Å². The third-order valence-corrected chi connectivity index (χ3v) is 3.61. The molecule has 0 spiro atoms. The minimum absolute atomic E-state index is 0.170. The molecule has 6 heteroatoms. The first-order valence-electron chi connectivity index (χ1n) is 7.14. The van der Waals surface area contributed by atoms with Crippen LogP contribution in [0.25, 0.3) is 0 Å². The molecule has 0 aliphatic heterocycles. The van der Waals surface area contributed by atoms with Crippen LogP contribution in [0.1, 0.15) is 21.5 Å². The molecule has 2 heterocycles. The van der Waals surface area contributed by atoms with Gasteiger partial charge in [-0.25, -0.2) is 9.97 Å². The number of rotatable bonds is 5. The van der Waals surface area contributed by atoms with E-state index in [4.69, 9.17) is 11.6 Å². The quantitative estimate of drug-likeness (QED) is 0.733. The number of pyridine rings is 1. The molecule has 1 amide bonds. The number of hydrogen-bond acceptors (Lipinski definition) is 3. The van der Waals surface area contributed by atoms with Crippen molar-refractivity contribution >= 4 is 17.5 Å². The fraction of sp³-hybridized carbons (Fsp3) is 0.118. The minimum Gasteiger partial charge on any atom is -0.348 e. The van der Waals surface area contributed by atoms with Crippen LogP contribution in [-0.2, 0) is 13.1 Å². The summed E-state index contributed by atoms with van der Waals surface area (Å²) >= 11 is 5.71. The molecule has 0 saturated carbocycles. The second kappa shape index (κ2) is 7.07. The van der Waals surface area contributed by atoms with Crippen molar-refractivity contribution in [2.24, 2.45) is 0 Å². The smallest absolute Gasteiger partial charge is 0.253 e. The van der Waals surface area contributed by atoms with Gasteiger partial charge in [-0.15, -0.1) is 0 Å². The highest BCUT2D eigenvalue weighted by atomic mass is 35.5. The van der Waals surface area contributed by atoms with Gasteiger partial charge in [0.05, 0.1) is 11.9 Å². The number of benzene rings is 1. The van der Waals surface area contributed by atoms with E-state index in [0.29, 0.717) is 17.3 Å². The fourth-order valence-corrected chi connectivity index (χ4v) is 2.26. The molecule has 5 nitrogen and oxygen atoms in total. The van der Waals surface area contributed by atoms with Crippen LogP contribution >= 0.6 is 11.6 Å². The number of carbonyl (C=O) groups excluding carboxylic acids is 1. The Balaban J connectivity index is 1.56. The summed E-state index contributed by atoms with van der Waals surface area (Å²) in [4.78, 5) is 19.9. The predicted octanol–water partition coefficient (Wildman–Crippen LogP) is 2.91. The lowest BCUT2D eigenvalue weighted by Crippen LogP contribution is -2.22. The summed E-state index contributed by atoms with van der Waals surface area (Å²) in [5.41, 5.74) is 2.71. The predicted molar refractivity (Wildman–Crippen MR) is 88.2 cm³/mol. The van der Waals surface area contributed by atoms with Crippen molar-refractivity contribution in [3.8, 4) is 0 Å². The van der Waals surface area contributed by atoms with Crippen LogP contribution in [0.15, 0.2) is 61.3 Å². The molecule has 3 aromatic rings. The second-order valence-electron chi connectivity index (χ2n) is 5.10. The maximum Gasteiger partial charge on any atom is 0.253 e. The lowest BCUT2D eigenvalue weighted by Gasteiger charge is -2.07. The zero-order valence-corrected chi connectivity index (χ0v) is 13.1. The van der Waals surface area contributed by atoms with Gasteiger partial charge >= 0.3 is 0 Å². The Morgan fingerprint density at radius 2 is 1.91 bits per heavy atom. The van der Waals surface area contributed by atoms with Gasteiger partial charge in [-0.3, -0.25) is 4.79 Å². The van der Waals surface area contributed by atoms with Gasteiger partial charge in [0.15, 0.2) is 0 Å². The number of nitrogens with zero attached hydrogens (tertiary/aromatic N) is 3. The van der Waals surface area contributed by atoms with Crippen molar-refractivity contribution < 1.29 is 4.79 Å². The van der Waals surface area contributed by atoms with E-state index >= 15 is 0 Å². The molecule has 2 aromatic heterocycles. The first kappa shape index (κ1) is 15.2. The van der Waals surface area contributed by atoms with Crippen molar-refractivity contribution in [1.82, 2.24) is 19.9 Å². The number of amides is 1. The molecule has 23 heavy (non-hydrogen) atoms. The van der Waals surface area contributed by atoms with Crippen molar-refractivity contribution in [2.45, 2.75) is 13.1 Å².